The van der Waals surface area contributed by atoms with Crippen LogP contribution in [0.15, 0.2) is 18.2 Å². The molecule has 0 saturated heterocycles. The summed E-state index contributed by atoms with van der Waals surface area (Å²) in [5, 5.41) is 4.51. The number of hydrogen-bond donors (Lipinski definition) is 1. The van der Waals surface area contributed by atoms with Crippen molar-refractivity contribution in [3.8, 4) is 17.0 Å². The highest BCUT2D eigenvalue weighted by Crippen LogP contribution is 2.30. The molecule has 4 heteroatoms. The lowest BCUT2D eigenvalue weighted by Crippen LogP contribution is -2.12. The Morgan fingerprint density at radius 1 is 1.15 bits per heavy atom. The Morgan fingerprint density at radius 2 is 1.90 bits per heavy atom. The molecule has 0 amide bonds. The van der Waals surface area contributed by atoms with Crippen LogP contribution in [0, 0.1) is 20.8 Å². The maximum atomic E-state index is 5.67. The van der Waals surface area contributed by atoms with E-state index in [1.165, 1.54) is 11.1 Å². The van der Waals surface area contributed by atoms with E-state index in [9.17, 15) is 0 Å². The van der Waals surface area contributed by atoms with Gasteiger partial charge in [0.1, 0.15) is 5.75 Å². The molecule has 0 atom stereocenters. The Hall–Kier alpha value is -1.81. The molecule has 0 aliphatic rings. The van der Waals surface area contributed by atoms with Gasteiger partial charge < -0.3 is 10.5 Å². The van der Waals surface area contributed by atoms with Gasteiger partial charge >= 0.3 is 0 Å². The topological polar surface area (TPSA) is 53.1 Å². The molecule has 0 aliphatic carbocycles. The highest BCUT2D eigenvalue weighted by molar-refractivity contribution is 5.67. The zero-order valence-electron chi connectivity index (χ0n) is 12.7. The van der Waals surface area contributed by atoms with Gasteiger partial charge in [-0.15, -0.1) is 0 Å². The molecule has 20 heavy (non-hydrogen) atoms. The van der Waals surface area contributed by atoms with Crippen LogP contribution < -0.4 is 10.5 Å². The second-order valence-electron chi connectivity index (χ2n) is 5.05. The number of benzene rings is 1. The number of aromatic nitrogens is 2. The monoisotopic (exact) mass is 273 g/mol. The minimum Gasteiger partial charge on any atom is -0.494 e. The van der Waals surface area contributed by atoms with Crippen LogP contribution in [0.1, 0.15) is 23.7 Å². The maximum absolute atomic E-state index is 5.67. The van der Waals surface area contributed by atoms with Crippen LogP contribution in [0.2, 0.25) is 0 Å². The van der Waals surface area contributed by atoms with Crippen molar-refractivity contribution in [2.45, 2.75) is 34.2 Å². The molecule has 0 aliphatic heterocycles. The Kier molecular flexibility index (Phi) is 4.45. The first kappa shape index (κ1) is 14.6. The summed E-state index contributed by atoms with van der Waals surface area (Å²) in [6, 6.07) is 6.38. The number of ether oxygens (including phenoxy) is 1. The van der Waals surface area contributed by atoms with E-state index in [0.717, 1.165) is 29.2 Å². The molecule has 0 bridgehead atoms. The molecule has 108 valence electrons. The molecule has 0 spiro atoms. The third-order valence-electron chi connectivity index (χ3n) is 3.34. The fraction of sp³-hybridized carbons (Fsp3) is 0.438. The summed E-state index contributed by atoms with van der Waals surface area (Å²) >= 11 is 0. The number of rotatable bonds is 5. The largest absolute Gasteiger partial charge is 0.494 e. The van der Waals surface area contributed by atoms with Gasteiger partial charge in [0, 0.05) is 12.1 Å². The zero-order valence-corrected chi connectivity index (χ0v) is 12.7. The Balaban J connectivity index is 2.50. The van der Waals surface area contributed by atoms with Crippen molar-refractivity contribution in [3.63, 3.8) is 0 Å². The fourth-order valence-corrected chi connectivity index (χ4v) is 2.43. The Morgan fingerprint density at radius 3 is 2.55 bits per heavy atom. The van der Waals surface area contributed by atoms with Crippen LogP contribution in [-0.2, 0) is 6.54 Å². The number of nitrogens with zero attached hydrogens (tertiary/aromatic N) is 2. The molecule has 0 radical (unpaired) electrons. The SMILES string of the molecule is CCOc1cc(C)c(-c2cc(C)nn2CCN)cc1C. The van der Waals surface area contributed by atoms with Gasteiger partial charge in [0.15, 0.2) is 0 Å². The summed E-state index contributed by atoms with van der Waals surface area (Å²) in [4.78, 5) is 0. The normalized spacial score (nSPS) is 10.8. The quantitative estimate of drug-likeness (QED) is 0.911. The lowest BCUT2D eigenvalue weighted by molar-refractivity contribution is 0.337. The van der Waals surface area contributed by atoms with E-state index in [2.05, 4.69) is 37.1 Å². The van der Waals surface area contributed by atoms with Crippen molar-refractivity contribution in [2.75, 3.05) is 13.2 Å². The van der Waals surface area contributed by atoms with Crippen LogP contribution in [0.3, 0.4) is 0 Å². The van der Waals surface area contributed by atoms with Crippen LogP contribution in [0.4, 0.5) is 0 Å². The van der Waals surface area contributed by atoms with Gasteiger partial charge in [-0.25, -0.2) is 0 Å². The van der Waals surface area contributed by atoms with E-state index in [1.54, 1.807) is 0 Å². The van der Waals surface area contributed by atoms with Gasteiger partial charge in [-0.05, 0) is 57.0 Å². The van der Waals surface area contributed by atoms with Crippen molar-refractivity contribution in [1.29, 1.82) is 0 Å². The van der Waals surface area contributed by atoms with Crippen molar-refractivity contribution in [1.82, 2.24) is 9.78 Å². The molecule has 2 aromatic rings. The first-order valence-corrected chi connectivity index (χ1v) is 7.05. The molecular weight excluding hydrogens is 250 g/mol. The van der Waals surface area contributed by atoms with Gasteiger partial charge in [0.2, 0.25) is 0 Å². The second kappa shape index (κ2) is 6.09. The fourth-order valence-electron chi connectivity index (χ4n) is 2.43. The third-order valence-corrected chi connectivity index (χ3v) is 3.34. The Bertz CT molecular complexity index is 602. The summed E-state index contributed by atoms with van der Waals surface area (Å²) in [6.45, 7) is 10.2. The van der Waals surface area contributed by atoms with E-state index in [0.29, 0.717) is 13.2 Å². The highest BCUT2D eigenvalue weighted by Gasteiger charge is 2.12. The lowest BCUT2D eigenvalue weighted by atomic mass is 10.0. The standard InChI is InChI=1S/C16H23N3O/c1-5-20-16-9-11(2)14(8-12(16)3)15-10-13(4)18-19(15)7-6-17/h8-10H,5-7,17H2,1-4H3. The zero-order chi connectivity index (χ0) is 14.7. The molecule has 0 unspecified atom stereocenters. The van der Waals surface area contributed by atoms with E-state index < -0.39 is 0 Å². The van der Waals surface area contributed by atoms with Gasteiger partial charge in [0.25, 0.3) is 0 Å². The molecule has 1 heterocycles. The second-order valence-corrected chi connectivity index (χ2v) is 5.05. The van der Waals surface area contributed by atoms with Gasteiger partial charge in [-0.2, -0.15) is 5.10 Å². The van der Waals surface area contributed by atoms with Crippen molar-refractivity contribution < 1.29 is 4.74 Å². The summed E-state index contributed by atoms with van der Waals surface area (Å²) in [5.74, 6) is 0.954. The van der Waals surface area contributed by atoms with Gasteiger partial charge in [0.05, 0.1) is 24.5 Å². The highest BCUT2D eigenvalue weighted by atomic mass is 16.5. The molecule has 1 aromatic carbocycles. The average Bonchev–Trinajstić information content (AvgIpc) is 2.75. The maximum Gasteiger partial charge on any atom is 0.122 e. The molecule has 0 saturated carbocycles. The summed E-state index contributed by atoms with van der Waals surface area (Å²) in [5.41, 5.74) is 11.3. The molecule has 4 nitrogen and oxygen atoms in total. The Labute approximate surface area is 120 Å². The van der Waals surface area contributed by atoms with Crippen molar-refractivity contribution in [2.24, 2.45) is 5.73 Å². The van der Waals surface area contributed by atoms with Crippen LogP contribution in [0.25, 0.3) is 11.3 Å². The van der Waals surface area contributed by atoms with E-state index in [-0.39, 0.29) is 0 Å². The van der Waals surface area contributed by atoms with E-state index in [4.69, 9.17) is 10.5 Å². The van der Waals surface area contributed by atoms with E-state index in [1.807, 2.05) is 18.5 Å². The molecule has 2 rings (SSSR count). The molecule has 1 aromatic heterocycles. The molecule has 2 N–H and O–H groups in total. The number of hydrogen-bond acceptors (Lipinski definition) is 3. The first-order valence-electron chi connectivity index (χ1n) is 7.05. The first-order chi connectivity index (χ1) is 9.56. The lowest BCUT2D eigenvalue weighted by Gasteiger charge is -2.13. The summed E-state index contributed by atoms with van der Waals surface area (Å²) < 4.78 is 7.63. The van der Waals surface area contributed by atoms with Crippen molar-refractivity contribution in [3.05, 3.63) is 35.0 Å². The minimum atomic E-state index is 0.586. The summed E-state index contributed by atoms with van der Waals surface area (Å²) in [7, 11) is 0. The smallest absolute Gasteiger partial charge is 0.122 e. The predicted octanol–water partition coefficient (Wildman–Crippen LogP) is 2.83. The molecular formula is C16H23N3O. The van der Waals surface area contributed by atoms with Gasteiger partial charge in [-0.3, -0.25) is 4.68 Å². The number of aryl methyl sites for hydroxylation is 3. The van der Waals surface area contributed by atoms with Crippen LogP contribution in [0.5, 0.6) is 5.75 Å². The minimum absolute atomic E-state index is 0.586. The third kappa shape index (κ3) is 2.85. The predicted molar refractivity (Wildman–Crippen MR) is 82.1 cm³/mol. The summed E-state index contributed by atoms with van der Waals surface area (Å²) in [6.07, 6.45) is 0. The van der Waals surface area contributed by atoms with Gasteiger partial charge in [-0.1, -0.05) is 0 Å². The van der Waals surface area contributed by atoms with E-state index >= 15 is 0 Å². The average molecular weight is 273 g/mol. The van der Waals surface area contributed by atoms with Crippen LogP contribution in [-0.4, -0.2) is 22.9 Å². The van der Waals surface area contributed by atoms with Crippen molar-refractivity contribution >= 4 is 0 Å². The molecule has 0 fully saturated rings. The number of nitrogens with two attached hydrogens (primary N) is 1. The van der Waals surface area contributed by atoms with Crippen LogP contribution >= 0.6 is 0 Å².